The highest BCUT2D eigenvalue weighted by Crippen LogP contribution is 2.18. The third-order valence-corrected chi connectivity index (χ3v) is 3.07. The minimum atomic E-state index is -0.547. The smallest absolute Gasteiger partial charge is 0.119 e. The fourth-order valence-electron chi connectivity index (χ4n) is 2.07. The second-order valence-corrected chi connectivity index (χ2v) is 5.39. The van der Waals surface area contributed by atoms with E-state index in [4.69, 9.17) is 9.15 Å². The van der Waals surface area contributed by atoms with Crippen molar-refractivity contribution in [3.05, 3.63) is 53.5 Å². The predicted octanol–water partition coefficient (Wildman–Crippen LogP) is 3.20. The summed E-state index contributed by atoms with van der Waals surface area (Å²) in [5.41, 5.74) is 0.870. The van der Waals surface area contributed by atoms with Gasteiger partial charge in [0.15, 0.2) is 0 Å². The van der Waals surface area contributed by atoms with Crippen molar-refractivity contribution in [2.24, 2.45) is 0 Å². The Bertz CT molecular complexity index is 545. The van der Waals surface area contributed by atoms with Crippen molar-refractivity contribution in [2.75, 3.05) is 6.54 Å². The molecule has 0 aliphatic rings. The van der Waals surface area contributed by atoms with E-state index in [0.717, 1.165) is 22.8 Å². The number of hydrogen-bond donors (Lipinski definition) is 2. The number of aliphatic hydroxyl groups excluding tert-OH is 1. The summed E-state index contributed by atoms with van der Waals surface area (Å²) in [6.07, 6.45) is -0.395. The molecule has 1 unspecified atom stereocenters. The van der Waals surface area contributed by atoms with Gasteiger partial charge in [0, 0.05) is 6.54 Å². The lowest BCUT2D eigenvalue weighted by atomic mass is 10.1. The van der Waals surface area contributed by atoms with Crippen LogP contribution in [0.2, 0.25) is 0 Å². The van der Waals surface area contributed by atoms with E-state index in [9.17, 15) is 5.11 Å². The molecule has 2 N–H and O–H groups in total. The summed E-state index contributed by atoms with van der Waals surface area (Å²) in [5, 5.41) is 13.3. The zero-order valence-corrected chi connectivity index (χ0v) is 12.8. The summed E-state index contributed by atoms with van der Waals surface area (Å²) < 4.78 is 11.0. The molecule has 0 saturated carbocycles. The molecule has 1 heterocycles. The Labute approximate surface area is 125 Å². The summed E-state index contributed by atoms with van der Waals surface area (Å²) in [6.45, 7) is 6.98. The molecule has 0 fully saturated rings. The lowest BCUT2D eigenvalue weighted by molar-refractivity contribution is 0.173. The zero-order chi connectivity index (χ0) is 15.2. The Hall–Kier alpha value is -1.78. The number of rotatable bonds is 7. The van der Waals surface area contributed by atoms with Crippen LogP contribution in [-0.2, 0) is 6.54 Å². The second-order valence-electron chi connectivity index (χ2n) is 5.39. The quantitative estimate of drug-likeness (QED) is 0.822. The van der Waals surface area contributed by atoms with Crippen LogP contribution in [0.5, 0.6) is 5.75 Å². The van der Waals surface area contributed by atoms with E-state index in [1.54, 1.807) is 0 Å². The van der Waals surface area contributed by atoms with Crippen molar-refractivity contribution in [1.82, 2.24) is 5.32 Å². The van der Waals surface area contributed by atoms with Crippen LogP contribution in [0.3, 0.4) is 0 Å². The van der Waals surface area contributed by atoms with Gasteiger partial charge in [0.2, 0.25) is 0 Å². The summed E-state index contributed by atoms with van der Waals surface area (Å²) >= 11 is 0. The van der Waals surface area contributed by atoms with Crippen LogP contribution >= 0.6 is 0 Å². The van der Waals surface area contributed by atoms with Gasteiger partial charge in [-0.15, -0.1) is 0 Å². The van der Waals surface area contributed by atoms with E-state index in [2.05, 4.69) is 5.32 Å². The number of furan rings is 1. The minimum absolute atomic E-state index is 0.152. The SMILES string of the molecule is Cc1ccc(CNCC(O)c2ccc(OC(C)C)cc2)o1. The van der Waals surface area contributed by atoms with E-state index < -0.39 is 6.10 Å². The van der Waals surface area contributed by atoms with Crippen LogP contribution in [-0.4, -0.2) is 17.8 Å². The molecule has 0 aliphatic heterocycles. The number of aliphatic hydroxyl groups is 1. The second kappa shape index (κ2) is 7.29. The highest BCUT2D eigenvalue weighted by atomic mass is 16.5. The average molecular weight is 289 g/mol. The molecule has 1 aromatic heterocycles. The number of nitrogens with one attached hydrogen (secondary N) is 1. The van der Waals surface area contributed by atoms with Crippen molar-refractivity contribution in [2.45, 2.75) is 39.5 Å². The molecular weight excluding hydrogens is 266 g/mol. The van der Waals surface area contributed by atoms with Gasteiger partial charge in [0.1, 0.15) is 17.3 Å². The lowest BCUT2D eigenvalue weighted by Gasteiger charge is -2.14. The fraction of sp³-hybridized carbons (Fsp3) is 0.412. The summed E-state index contributed by atoms with van der Waals surface area (Å²) in [4.78, 5) is 0. The molecule has 1 atom stereocenters. The molecule has 0 aliphatic carbocycles. The maximum Gasteiger partial charge on any atom is 0.119 e. The van der Waals surface area contributed by atoms with E-state index >= 15 is 0 Å². The molecule has 0 spiro atoms. The average Bonchev–Trinajstić information content (AvgIpc) is 2.84. The Morgan fingerprint density at radius 1 is 1.14 bits per heavy atom. The van der Waals surface area contributed by atoms with Crippen LogP contribution in [0.15, 0.2) is 40.8 Å². The molecule has 2 aromatic rings. The first kappa shape index (κ1) is 15.6. The van der Waals surface area contributed by atoms with Crippen LogP contribution in [0.25, 0.3) is 0 Å². The van der Waals surface area contributed by atoms with Crippen molar-refractivity contribution in [1.29, 1.82) is 0 Å². The molecule has 0 amide bonds. The first-order chi connectivity index (χ1) is 10.0. The van der Waals surface area contributed by atoms with Gasteiger partial charge in [0.25, 0.3) is 0 Å². The van der Waals surface area contributed by atoms with Crippen LogP contribution in [0.1, 0.15) is 37.0 Å². The van der Waals surface area contributed by atoms with Gasteiger partial charge in [0.05, 0.1) is 18.8 Å². The summed E-state index contributed by atoms with van der Waals surface area (Å²) in [5.74, 6) is 2.59. The Morgan fingerprint density at radius 3 is 2.43 bits per heavy atom. The maximum absolute atomic E-state index is 10.1. The molecule has 21 heavy (non-hydrogen) atoms. The largest absolute Gasteiger partial charge is 0.491 e. The molecule has 1 aromatic carbocycles. The predicted molar refractivity (Wildman–Crippen MR) is 82.3 cm³/mol. The summed E-state index contributed by atoms with van der Waals surface area (Å²) in [7, 11) is 0. The lowest BCUT2D eigenvalue weighted by Crippen LogP contribution is -2.20. The molecule has 0 radical (unpaired) electrons. The van der Waals surface area contributed by atoms with Gasteiger partial charge in [-0.3, -0.25) is 0 Å². The highest BCUT2D eigenvalue weighted by Gasteiger charge is 2.08. The molecule has 4 heteroatoms. The first-order valence-corrected chi connectivity index (χ1v) is 7.25. The van der Waals surface area contributed by atoms with Gasteiger partial charge in [-0.25, -0.2) is 0 Å². The Balaban J connectivity index is 1.81. The number of benzene rings is 1. The van der Waals surface area contributed by atoms with Gasteiger partial charge in [-0.2, -0.15) is 0 Å². The summed E-state index contributed by atoms with van der Waals surface area (Å²) in [6, 6.07) is 11.4. The van der Waals surface area contributed by atoms with Gasteiger partial charge >= 0.3 is 0 Å². The van der Waals surface area contributed by atoms with E-state index in [0.29, 0.717) is 13.1 Å². The van der Waals surface area contributed by atoms with Gasteiger partial charge in [-0.1, -0.05) is 12.1 Å². The topological polar surface area (TPSA) is 54.6 Å². The standard InChI is InChI=1S/C17H23NO3/c1-12(2)20-15-8-5-14(6-9-15)17(19)11-18-10-16-7-4-13(3)21-16/h4-9,12,17-19H,10-11H2,1-3H3. The van der Waals surface area contributed by atoms with Crippen LogP contribution in [0, 0.1) is 6.92 Å². The fourth-order valence-corrected chi connectivity index (χ4v) is 2.07. The number of aryl methyl sites for hydroxylation is 1. The van der Waals surface area contributed by atoms with E-state index in [1.165, 1.54) is 0 Å². The maximum atomic E-state index is 10.1. The minimum Gasteiger partial charge on any atom is -0.491 e. The van der Waals surface area contributed by atoms with E-state index in [-0.39, 0.29) is 6.10 Å². The van der Waals surface area contributed by atoms with Crippen molar-refractivity contribution >= 4 is 0 Å². The molecule has 4 nitrogen and oxygen atoms in total. The van der Waals surface area contributed by atoms with Gasteiger partial charge in [-0.05, 0) is 50.6 Å². The number of ether oxygens (including phenoxy) is 1. The van der Waals surface area contributed by atoms with Gasteiger partial charge < -0.3 is 19.6 Å². The molecule has 0 saturated heterocycles. The highest BCUT2D eigenvalue weighted by molar-refractivity contribution is 5.28. The Kier molecular flexibility index (Phi) is 5.42. The third kappa shape index (κ3) is 4.92. The van der Waals surface area contributed by atoms with E-state index in [1.807, 2.05) is 57.2 Å². The van der Waals surface area contributed by atoms with Crippen molar-refractivity contribution < 1.29 is 14.3 Å². The third-order valence-electron chi connectivity index (χ3n) is 3.07. The molecule has 2 rings (SSSR count). The molecule has 114 valence electrons. The van der Waals surface area contributed by atoms with Crippen molar-refractivity contribution in [3.8, 4) is 5.75 Å². The number of hydrogen-bond acceptors (Lipinski definition) is 4. The van der Waals surface area contributed by atoms with Crippen LogP contribution in [0.4, 0.5) is 0 Å². The normalized spacial score (nSPS) is 12.6. The van der Waals surface area contributed by atoms with Crippen molar-refractivity contribution in [3.63, 3.8) is 0 Å². The van der Waals surface area contributed by atoms with Crippen LogP contribution < -0.4 is 10.1 Å². The first-order valence-electron chi connectivity index (χ1n) is 7.25. The Morgan fingerprint density at radius 2 is 1.86 bits per heavy atom. The molecular formula is C17H23NO3. The molecule has 0 bridgehead atoms. The zero-order valence-electron chi connectivity index (χ0n) is 12.8. The monoisotopic (exact) mass is 289 g/mol.